The third-order valence-electron chi connectivity index (χ3n) is 10.8. The predicted molar refractivity (Wildman–Crippen MR) is 122 cm³/mol. The van der Waals surface area contributed by atoms with Crippen LogP contribution in [0.5, 0.6) is 0 Å². The molecule has 0 heterocycles. The maximum absolute atomic E-state index is 9.85. The van der Waals surface area contributed by atoms with Crippen molar-refractivity contribution in [3.63, 3.8) is 0 Å². The van der Waals surface area contributed by atoms with Gasteiger partial charge in [0.2, 0.25) is 0 Å². The van der Waals surface area contributed by atoms with Crippen LogP contribution in [0.2, 0.25) is 0 Å². The third kappa shape index (κ3) is 3.49. The van der Waals surface area contributed by atoms with Crippen LogP contribution in [0, 0.1) is 52.3 Å². The summed E-state index contributed by atoms with van der Waals surface area (Å²) in [7, 11) is 0. The van der Waals surface area contributed by atoms with E-state index in [1.807, 2.05) is 0 Å². The second kappa shape index (κ2) is 8.19. The number of nitrogens with zero attached hydrogens (tertiary/aromatic N) is 1. The topological polar surface area (TPSA) is 32.6 Å². The molecule has 166 valence electrons. The molecule has 0 aromatic heterocycles. The van der Waals surface area contributed by atoms with Crippen LogP contribution < -0.4 is 0 Å². The van der Waals surface area contributed by atoms with E-state index in [1.54, 1.807) is 0 Å². The number of hydrogen-bond acceptors (Lipinski definition) is 2. The lowest BCUT2D eigenvalue weighted by molar-refractivity contribution is -0.0799. The Morgan fingerprint density at radius 1 is 0.966 bits per heavy atom. The minimum Gasteiger partial charge on any atom is -0.411 e. The van der Waals surface area contributed by atoms with Crippen molar-refractivity contribution in [3.05, 3.63) is 0 Å². The third-order valence-corrected chi connectivity index (χ3v) is 10.8. The summed E-state index contributed by atoms with van der Waals surface area (Å²) in [6.45, 7) is 12.5. The molecule has 0 amide bonds. The Balaban J connectivity index is 1.51. The molecule has 0 saturated heterocycles. The summed E-state index contributed by atoms with van der Waals surface area (Å²) in [6.07, 6.45) is 16.4. The number of fused-ring (bicyclic) bond motifs is 5. The molecule has 2 nitrogen and oxygen atoms in total. The van der Waals surface area contributed by atoms with Gasteiger partial charge >= 0.3 is 0 Å². The molecule has 0 aromatic carbocycles. The van der Waals surface area contributed by atoms with Crippen molar-refractivity contribution >= 4 is 5.71 Å². The molecule has 4 fully saturated rings. The Morgan fingerprint density at radius 3 is 2.48 bits per heavy atom. The molecular formula is C27H47NO. The van der Waals surface area contributed by atoms with Gasteiger partial charge in [-0.25, -0.2) is 0 Å². The van der Waals surface area contributed by atoms with Crippen molar-refractivity contribution in [1.29, 1.82) is 0 Å². The Bertz CT molecular complexity index is 612. The summed E-state index contributed by atoms with van der Waals surface area (Å²) in [5.41, 5.74) is 1.90. The first-order chi connectivity index (χ1) is 13.8. The molecule has 0 aliphatic heterocycles. The van der Waals surface area contributed by atoms with E-state index in [2.05, 4.69) is 39.8 Å². The molecular weight excluding hydrogens is 354 g/mol. The molecule has 1 unspecified atom stereocenters. The summed E-state index contributed by atoms with van der Waals surface area (Å²) in [5, 5.41) is 13.8. The van der Waals surface area contributed by atoms with Crippen molar-refractivity contribution in [2.45, 2.75) is 112 Å². The van der Waals surface area contributed by atoms with Crippen molar-refractivity contribution in [2.75, 3.05) is 0 Å². The molecule has 0 spiro atoms. The van der Waals surface area contributed by atoms with E-state index in [0.717, 1.165) is 53.6 Å². The molecule has 0 aromatic rings. The molecule has 1 N–H and O–H groups in total. The standard InChI is InChI=1S/C27H47NO/c1-18(2)8-6-9-19(3)22-14-15-23-21-13-12-20-10-7-11-25(28-29)27(20,5)24(21)16-17-26(22,23)4/h18-24,29H,6-17H2,1-5H3/b28-25+/t19-,20?,21+,22-,23+,24+,26-,27+/m1/s1. The fraction of sp³-hybridized carbons (Fsp3) is 0.963. The van der Waals surface area contributed by atoms with Crippen LogP contribution in [0.4, 0.5) is 0 Å². The van der Waals surface area contributed by atoms with Crippen LogP contribution >= 0.6 is 0 Å². The quantitative estimate of drug-likeness (QED) is 0.368. The highest BCUT2D eigenvalue weighted by molar-refractivity contribution is 5.91. The first-order valence-corrected chi connectivity index (χ1v) is 13.0. The van der Waals surface area contributed by atoms with Gasteiger partial charge in [-0.3, -0.25) is 0 Å². The summed E-state index contributed by atoms with van der Waals surface area (Å²) in [5.74, 6) is 5.98. The Labute approximate surface area is 180 Å². The van der Waals surface area contributed by atoms with Gasteiger partial charge in [0, 0.05) is 5.41 Å². The predicted octanol–water partition coefficient (Wildman–Crippen LogP) is 7.94. The van der Waals surface area contributed by atoms with Gasteiger partial charge in [-0.1, -0.05) is 59.0 Å². The van der Waals surface area contributed by atoms with Crippen LogP contribution in [0.15, 0.2) is 5.16 Å². The first-order valence-electron chi connectivity index (χ1n) is 13.0. The molecule has 2 heteroatoms. The Hall–Kier alpha value is -0.530. The Kier molecular flexibility index (Phi) is 6.13. The zero-order valence-electron chi connectivity index (χ0n) is 19.9. The highest BCUT2D eigenvalue weighted by Gasteiger charge is 2.61. The minimum atomic E-state index is 0.179. The van der Waals surface area contributed by atoms with Gasteiger partial charge in [0.05, 0.1) is 5.71 Å². The fourth-order valence-corrected chi connectivity index (χ4v) is 9.29. The minimum absolute atomic E-state index is 0.179. The molecule has 4 saturated carbocycles. The van der Waals surface area contributed by atoms with E-state index in [9.17, 15) is 5.21 Å². The van der Waals surface area contributed by atoms with E-state index < -0.39 is 0 Å². The maximum Gasteiger partial charge on any atom is 0.0635 e. The lowest BCUT2D eigenvalue weighted by Crippen LogP contribution is -2.56. The number of hydrogen-bond donors (Lipinski definition) is 1. The normalized spacial score (nSPS) is 47.0. The van der Waals surface area contributed by atoms with Crippen LogP contribution in [0.25, 0.3) is 0 Å². The summed E-state index contributed by atoms with van der Waals surface area (Å²) < 4.78 is 0. The van der Waals surface area contributed by atoms with E-state index >= 15 is 0 Å². The largest absolute Gasteiger partial charge is 0.411 e. The van der Waals surface area contributed by atoms with Gasteiger partial charge in [-0.2, -0.15) is 0 Å². The number of oxime groups is 1. The first kappa shape index (κ1) is 21.7. The lowest BCUT2D eigenvalue weighted by atomic mass is 9.44. The van der Waals surface area contributed by atoms with Crippen molar-refractivity contribution < 1.29 is 5.21 Å². The Morgan fingerprint density at radius 2 is 1.76 bits per heavy atom. The second-order valence-electron chi connectivity index (χ2n) is 12.4. The molecule has 4 aliphatic rings. The van der Waals surface area contributed by atoms with Gasteiger partial charge in [0.25, 0.3) is 0 Å². The summed E-state index contributed by atoms with van der Waals surface area (Å²) >= 11 is 0. The summed E-state index contributed by atoms with van der Waals surface area (Å²) in [6, 6.07) is 0. The monoisotopic (exact) mass is 401 g/mol. The van der Waals surface area contributed by atoms with Gasteiger partial charge < -0.3 is 5.21 Å². The van der Waals surface area contributed by atoms with E-state index in [4.69, 9.17) is 0 Å². The zero-order valence-corrected chi connectivity index (χ0v) is 19.9. The average Bonchev–Trinajstić information content (AvgIpc) is 3.04. The van der Waals surface area contributed by atoms with Crippen LogP contribution in [-0.2, 0) is 0 Å². The van der Waals surface area contributed by atoms with Crippen LogP contribution in [0.3, 0.4) is 0 Å². The van der Waals surface area contributed by atoms with Gasteiger partial charge in [0.1, 0.15) is 0 Å². The average molecular weight is 402 g/mol. The van der Waals surface area contributed by atoms with E-state index in [-0.39, 0.29) is 5.41 Å². The SMILES string of the molecule is CC(C)CCC[C@@H](C)[C@H]1CC[C@H]2[C@@H]3CCC4CCC/C(=N\O)[C@]4(C)[C@H]3CC[C@]12C. The van der Waals surface area contributed by atoms with E-state index in [0.29, 0.717) is 5.41 Å². The molecule has 29 heavy (non-hydrogen) atoms. The summed E-state index contributed by atoms with van der Waals surface area (Å²) in [4.78, 5) is 0. The smallest absolute Gasteiger partial charge is 0.0635 e. The van der Waals surface area contributed by atoms with Gasteiger partial charge in [0.15, 0.2) is 0 Å². The second-order valence-corrected chi connectivity index (χ2v) is 12.4. The van der Waals surface area contributed by atoms with Crippen molar-refractivity contribution in [2.24, 2.45) is 57.4 Å². The molecule has 0 bridgehead atoms. The molecule has 4 aliphatic carbocycles. The fourth-order valence-electron chi connectivity index (χ4n) is 9.29. The van der Waals surface area contributed by atoms with Crippen molar-refractivity contribution in [1.82, 2.24) is 0 Å². The van der Waals surface area contributed by atoms with Crippen molar-refractivity contribution in [3.8, 4) is 0 Å². The highest BCUT2D eigenvalue weighted by atomic mass is 16.4. The highest BCUT2D eigenvalue weighted by Crippen LogP contribution is 2.68. The van der Waals surface area contributed by atoms with Crippen LogP contribution in [0.1, 0.15) is 112 Å². The molecule has 0 radical (unpaired) electrons. The van der Waals surface area contributed by atoms with Crippen LogP contribution in [-0.4, -0.2) is 10.9 Å². The maximum atomic E-state index is 9.85. The van der Waals surface area contributed by atoms with Gasteiger partial charge in [-0.15, -0.1) is 0 Å². The zero-order chi connectivity index (χ0) is 20.8. The molecule has 4 rings (SSSR count). The van der Waals surface area contributed by atoms with Gasteiger partial charge in [-0.05, 0) is 105 Å². The molecule has 8 atom stereocenters. The van der Waals surface area contributed by atoms with E-state index in [1.165, 1.54) is 70.6 Å². The lowest BCUT2D eigenvalue weighted by Gasteiger charge is -2.60. The number of rotatable bonds is 5.